The highest BCUT2D eigenvalue weighted by molar-refractivity contribution is 6.00. The smallest absolute Gasteiger partial charge is 0.305 e. The summed E-state index contributed by atoms with van der Waals surface area (Å²) in [7, 11) is 0. The van der Waals surface area contributed by atoms with Crippen molar-refractivity contribution in [1.29, 1.82) is 0 Å². The zero-order valence-corrected chi connectivity index (χ0v) is 63.6. The molecule has 10 atom stereocenters. The van der Waals surface area contributed by atoms with Gasteiger partial charge in [0.25, 0.3) is 0 Å². The van der Waals surface area contributed by atoms with Gasteiger partial charge in [-0.15, -0.1) is 10.2 Å². The van der Waals surface area contributed by atoms with E-state index in [9.17, 15) is 77.6 Å². The maximum atomic E-state index is 15.5. The van der Waals surface area contributed by atoms with E-state index in [-0.39, 0.29) is 62.5 Å². The van der Waals surface area contributed by atoms with Crippen molar-refractivity contribution in [3.63, 3.8) is 0 Å². The number of primary amides is 1. The Kier molecular flexibility index (Phi) is 34.9. The van der Waals surface area contributed by atoms with Crippen molar-refractivity contribution in [3.05, 3.63) is 140 Å². The van der Waals surface area contributed by atoms with Gasteiger partial charge in [0, 0.05) is 69.6 Å². The molecule has 5 aromatic rings. The molecule has 4 aromatic carbocycles. The van der Waals surface area contributed by atoms with Crippen LogP contribution in [-0.2, 0) is 94.4 Å². The van der Waals surface area contributed by atoms with Crippen LogP contribution < -0.4 is 63.6 Å². The predicted molar refractivity (Wildman–Crippen MR) is 402 cm³/mol. The number of aromatic nitrogens is 4. The molecule has 1 aliphatic rings. The molecule has 6 rings (SSSR count). The third-order valence-electron chi connectivity index (χ3n) is 18.3. The highest BCUT2D eigenvalue weighted by atomic mass is 19.1. The van der Waals surface area contributed by atoms with Crippen molar-refractivity contribution in [2.45, 2.75) is 198 Å². The molecule has 0 saturated carbocycles. The second kappa shape index (κ2) is 44.0. The molecule has 1 aliphatic heterocycles. The number of ether oxygens (including phenoxy) is 1. The minimum atomic E-state index is -2.35. The van der Waals surface area contributed by atoms with Crippen molar-refractivity contribution in [2.24, 2.45) is 10.8 Å². The van der Waals surface area contributed by atoms with E-state index in [1.54, 1.807) is 29.2 Å². The number of aliphatic carboxylic acids is 1. The third-order valence-corrected chi connectivity index (χ3v) is 18.3. The second-order valence-electron chi connectivity index (χ2n) is 27.7. The summed E-state index contributed by atoms with van der Waals surface area (Å²) < 4.78 is 21.4. The number of halogens is 1. The summed E-state index contributed by atoms with van der Waals surface area (Å²) in [5, 5.41) is 73.0. The molecule has 0 bridgehead atoms. The molecule has 12 amide bonds. The number of carboxylic acid groups (broad SMARTS) is 1. The van der Waals surface area contributed by atoms with Gasteiger partial charge in [-0.25, -0.2) is 4.39 Å². The van der Waals surface area contributed by atoms with Crippen LogP contribution in [0.5, 0.6) is 5.75 Å². The molecule has 604 valence electrons. The quantitative estimate of drug-likeness (QED) is 0.0108. The van der Waals surface area contributed by atoms with Gasteiger partial charge in [0.15, 0.2) is 5.82 Å². The molecular formula is C75H100FN19O17. The second-order valence-corrected chi connectivity index (χ2v) is 27.7. The number of benzene rings is 4. The lowest BCUT2D eigenvalue weighted by molar-refractivity contribution is -0.142. The van der Waals surface area contributed by atoms with E-state index in [4.69, 9.17) is 16.0 Å². The van der Waals surface area contributed by atoms with E-state index in [0.717, 1.165) is 67.1 Å². The summed E-state index contributed by atoms with van der Waals surface area (Å²) in [5.74, 6) is -13.1. The maximum absolute atomic E-state index is 15.5. The Morgan fingerprint density at radius 3 is 2.02 bits per heavy atom. The number of aryl methyl sites for hydroxylation is 4. The SMILES string of the molecule is CCc1cc(OCCCCN=[N+]=[N-])ccc1-c1ccc(C[C@H](NC(=O)[C@H](CC(=O)O)NC(=O)[C@H](C)NC(=O)[C@@H](NC(=O)[C@](C)(Cc2ccccc2F)NC(=O)[C@@H](NC(=O)CNC(=O)[C@H](Cc2nn[nH]n2)NC(=O)CCNC(=O)CCN2CCCC2=O)[C@@H](C)O)[C@@H](C)O)C(=O)N[C@@H](CCCc2cc(C)cc(C)c2)C(N)=O)cc1. The molecule has 1 fully saturated rings. The van der Waals surface area contributed by atoms with Gasteiger partial charge in [-0.05, 0) is 144 Å². The van der Waals surface area contributed by atoms with Gasteiger partial charge in [-0.2, -0.15) is 5.21 Å². The van der Waals surface area contributed by atoms with Crippen molar-refractivity contribution in [1.82, 2.24) is 78.7 Å². The number of hydrogen-bond donors (Lipinski definition) is 15. The van der Waals surface area contributed by atoms with Crippen molar-refractivity contribution < 1.29 is 86.8 Å². The van der Waals surface area contributed by atoms with Gasteiger partial charge in [0.05, 0.1) is 31.8 Å². The average Bonchev–Trinajstić information content (AvgIpc) is 0.970. The predicted octanol–water partition coefficient (Wildman–Crippen LogP) is 0.350. The number of nitrogens with two attached hydrogens (primary N) is 1. The molecule has 1 saturated heterocycles. The zero-order valence-electron chi connectivity index (χ0n) is 63.6. The van der Waals surface area contributed by atoms with Crippen molar-refractivity contribution in [3.8, 4) is 16.9 Å². The number of likely N-dealkylation sites (tertiary alicyclic amines) is 1. The van der Waals surface area contributed by atoms with Crippen molar-refractivity contribution >= 4 is 76.9 Å². The van der Waals surface area contributed by atoms with Gasteiger partial charge in [0.1, 0.15) is 59.4 Å². The molecule has 1 aromatic heterocycles. The standard InChI is InChI=1S/C75H100FN19O17/c1-8-49-37-52(112-32-12-11-28-81-92-78)24-25-53(49)50-22-20-47(21-23-50)36-56(70(107)84-55(67(77)104)18-13-15-48-34-42(2)33-43(3)35-48)86-71(108)58(39-64(102)103)85-68(105)44(4)82-72(109)65(45(5)96)88-74(111)75(7,40-51-16-9-10-17-54(51)76)89-73(110)66(46(6)97)87-62(100)41-80-69(106)57(38-59-90-93-94-91-59)83-61(99)26-29-79-60(98)27-31-95-30-14-19-63(95)101/h9-10,16-17,20-25,33-35,37,44-46,55-58,65-66,96-97H,8,11-15,18-19,26-32,36,38-41H2,1-7H3,(H2,77,104)(H,79,98)(H,80,106)(H,82,109)(H,83,99)(H,84,107)(H,85,105)(H,86,108)(H,87,100)(H,88,111)(H,89,110)(H,102,103)(H,90,91,93,94)/t44-,45+,46+,55-,56-,57-,58-,65-,66-,75-/m0/s1. The number of azide groups is 1. The highest BCUT2D eigenvalue weighted by Gasteiger charge is 2.42. The van der Waals surface area contributed by atoms with E-state index in [1.807, 2.05) is 57.2 Å². The van der Waals surface area contributed by atoms with Gasteiger partial charge >= 0.3 is 5.97 Å². The molecule has 16 N–H and O–H groups in total. The highest BCUT2D eigenvalue weighted by Crippen LogP contribution is 2.29. The number of carbonyl (C=O) groups is 13. The van der Waals surface area contributed by atoms with E-state index >= 15 is 4.39 Å². The topological polar surface area (TPSA) is 545 Å². The van der Waals surface area contributed by atoms with E-state index in [0.29, 0.717) is 76.0 Å². The molecule has 112 heavy (non-hydrogen) atoms. The zero-order chi connectivity index (χ0) is 82.2. The monoisotopic (exact) mass is 1560 g/mol. The van der Waals surface area contributed by atoms with Crippen LogP contribution in [0.4, 0.5) is 4.39 Å². The van der Waals surface area contributed by atoms with E-state index in [1.165, 1.54) is 18.2 Å². The molecule has 0 unspecified atom stereocenters. The summed E-state index contributed by atoms with van der Waals surface area (Å²) >= 11 is 0. The van der Waals surface area contributed by atoms with Crippen molar-refractivity contribution in [2.75, 3.05) is 39.3 Å². The van der Waals surface area contributed by atoms with E-state index < -0.39 is 156 Å². The number of aliphatic hydroxyl groups is 2. The number of tetrazole rings is 1. The van der Waals surface area contributed by atoms with Crippen LogP contribution in [0.15, 0.2) is 90.0 Å². The number of hydrogen-bond acceptors (Lipinski definition) is 20. The number of amides is 12. The lowest BCUT2D eigenvalue weighted by Crippen LogP contribution is -2.66. The fourth-order valence-corrected chi connectivity index (χ4v) is 12.3. The molecule has 36 nitrogen and oxygen atoms in total. The normalized spacial score (nSPS) is 14.7. The lowest BCUT2D eigenvalue weighted by Gasteiger charge is -2.34. The van der Waals surface area contributed by atoms with Crippen LogP contribution in [0, 0.1) is 19.7 Å². The fraction of sp³-hybridized carbons (Fsp3) is 0.493. The number of nitrogens with one attached hydrogen (secondary N) is 11. The first kappa shape index (κ1) is 88.9. The minimum Gasteiger partial charge on any atom is -0.494 e. The summed E-state index contributed by atoms with van der Waals surface area (Å²) in [4.78, 5) is 180. The Morgan fingerprint density at radius 1 is 0.714 bits per heavy atom. The van der Waals surface area contributed by atoms with Gasteiger partial charge in [0.2, 0.25) is 70.9 Å². The largest absolute Gasteiger partial charge is 0.494 e. The van der Waals surface area contributed by atoms with Crippen LogP contribution in [0.1, 0.15) is 132 Å². The third kappa shape index (κ3) is 28.8. The summed E-state index contributed by atoms with van der Waals surface area (Å²) in [5.41, 5.74) is 18.0. The maximum Gasteiger partial charge on any atom is 0.305 e. The molecule has 37 heteroatoms. The minimum absolute atomic E-state index is 0.00181. The number of unbranched alkanes of at least 4 members (excludes halogenated alkanes) is 1. The first-order valence-corrected chi connectivity index (χ1v) is 36.8. The Balaban J connectivity index is 1.14. The average molecular weight is 1560 g/mol. The number of aromatic amines is 1. The number of aliphatic hydroxyl groups excluding tert-OH is 2. The number of rotatable bonds is 46. The molecule has 0 radical (unpaired) electrons. The number of nitrogens with zero attached hydrogens (tertiary/aromatic N) is 7. The number of H-pyrrole nitrogens is 1. The van der Waals surface area contributed by atoms with Crippen LogP contribution in [0.3, 0.4) is 0 Å². The lowest BCUT2D eigenvalue weighted by atomic mass is 9.90. The van der Waals surface area contributed by atoms with E-state index in [2.05, 4.69) is 83.8 Å². The van der Waals surface area contributed by atoms with Crippen LogP contribution in [0.25, 0.3) is 21.6 Å². The first-order chi connectivity index (χ1) is 53.3. The fourth-order valence-electron chi connectivity index (χ4n) is 12.3. The first-order valence-electron chi connectivity index (χ1n) is 36.8. The summed E-state index contributed by atoms with van der Waals surface area (Å²) in [6.07, 6.45) is -2.17. The van der Waals surface area contributed by atoms with Gasteiger partial charge in [-0.1, -0.05) is 95.1 Å². The Bertz CT molecular complexity index is 4160. The Hall–Kier alpha value is -12.0. The molecular weight excluding hydrogens is 1460 g/mol. The Labute approximate surface area is 645 Å². The number of carboxylic acids is 1. The summed E-state index contributed by atoms with van der Waals surface area (Å²) in [6, 6.07) is 11.9. The van der Waals surface area contributed by atoms with Crippen LogP contribution >= 0.6 is 0 Å². The van der Waals surface area contributed by atoms with Gasteiger partial charge in [-0.3, -0.25) is 62.3 Å². The molecule has 0 aliphatic carbocycles. The van der Waals surface area contributed by atoms with Crippen LogP contribution in [-0.4, -0.2) is 217 Å². The van der Waals surface area contributed by atoms with Gasteiger partial charge < -0.3 is 83.9 Å². The summed E-state index contributed by atoms with van der Waals surface area (Å²) in [6.45, 7) is 10.7. The molecule has 2 heterocycles. The Morgan fingerprint density at radius 2 is 1.38 bits per heavy atom. The number of carbonyl (C=O) groups excluding carboxylic acids is 12. The molecule has 0 spiro atoms. The van der Waals surface area contributed by atoms with Crippen LogP contribution in [0.2, 0.25) is 0 Å².